The quantitative estimate of drug-likeness (QED) is 0.833. The van der Waals surface area contributed by atoms with Crippen LogP contribution in [0.2, 0.25) is 5.02 Å². The number of carbonyl (C=O) groups excluding carboxylic acids is 1. The molecule has 0 aliphatic carbocycles. The smallest absolute Gasteiger partial charge is 0.407 e. The van der Waals surface area contributed by atoms with Gasteiger partial charge in [0.2, 0.25) is 0 Å². The molecule has 1 aromatic heterocycles. The first-order valence-corrected chi connectivity index (χ1v) is 7.52. The summed E-state index contributed by atoms with van der Waals surface area (Å²) < 4.78 is 0. The number of halogens is 1. The van der Waals surface area contributed by atoms with Gasteiger partial charge in [-0.2, -0.15) is 0 Å². The number of ketones is 1. The lowest BCUT2D eigenvalue weighted by Crippen LogP contribution is -2.31. The summed E-state index contributed by atoms with van der Waals surface area (Å²) in [5.74, 6) is -0.0712. The third kappa shape index (κ3) is 3.83. The summed E-state index contributed by atoms with van der Waals surface area (Å²) in [7, 11) is 1.46. The highest BCUT2D eigenvalue weighted by Crippen LogP contribution is 2.27. The van der Waals surface area contributed by atoms with E-state index < -0.39 is 12.1 Å². The number of thiophene rings is 1. The van der Waals surface area contributed by atoms with Crippen molar-refractivity contribution in [2.75, 3.05) is 7.05 Å². The van der Waals surface area contributed by atoms with Gasteiger partial charge >= 0.3 is 6.09 Å². The van der Waals surface area contributed by atoms with Gasteiger partial charge in [-0.05, 0) is 29.1 Å². The standard InChI is InChI=1S/C15H14ClNO3S/c1-17(15(19)20)12(10-4-6-11(16)7-5-10)9-13(18)14-3-2-8-21-14/h2-8,12H,9H2,1H3,(H,19,20). The summed E-state index contributed by atoms with van der Waals surface area (Å²) in [5, 5.41) is 11.6. The van der Waals surface area contributed by atoms with Crippen LogP contribution in [0.25, 0.3) is 0 Å². The van der Waals surface area contributed by atoms with Crippen molar-refractivity contribution in [3.8, 4) is 0 Å². The second-order valence-electron chi connectivity index (χ2n) is 4.57. The predicted octanol–water partition coefficient (Wildman–Crippen LogP) is 4.33. The van der Waals surface area contributed by atoms with Gasteiger partial charge in [0, 0.05) is 18.5 Å². The Morgan fingerprint density at radius 1 is 1.29 bits per heavy atom. The lowest BCUT2D eigenvalue weighted by molar-refractivity contribution is 0.0928. The lowest BCUT2D eigenvalue weighted by atomic mass is 10.00. The Balaban J connectivity index is 2.26. The number of hydrogen-bond acceptors (Lipinski definition) is 3. The molecule has 110 valence electrons. The fraction of sp³-hybridized carbons (Fsp3) is 0.200. The molecule has 0 saturated carbocycles. The molecule has 0 spiro atoms. The molecule has 0 radical (unpaired) electrons. The molecule has 1 unspecified atom stereocenters. The van der Waals surface area contributed by atoms with E-state index in [-0.39, 0.29) is 12.2 Å². The van der Waals surface area contributed by atoms with Crippen molar-refractivity contribution in [2.24, 2.45) is 0 Å². The van der Waals surface area contributed by atoms with E-state index >= 15 is 0 Å². The maximum Gasteiger partial charge on any atom is 0.407 e. The van der Waals surface area contributed by atoms with E-state index in [1.807, 2.05) is 5.38 Å². The van der Waals surface area contributed by atoms with E-state index in [2.05, 4.69) is 0 Å². The lowest BCUT2D eigenvalue weighted by Gasteiger charge is -2.25. The van der Waals surface area contributed by atoms with Crippen molar-refractivity contribution >= 4 is 34.8 Å². The molecule has 0 fully saturated rings. The Bertz CT molecular complexity index is 625. The first kappa shape index (κ1) is 15.5. The molecule has 0 aliphatic heterocycles. The topological polar surface area (TPSA) is 57.6 Å². The van der Waals surface area contributed by atoms with E-state index in [4.69, 9.17) is 11.6 Å². The number of amides is 1. The molecule has 2 aromatic rings. The average molecular weight is 324 g/mol. The number of hydrogen-bond donors (Lipinski definition) is 1. The highest BCUT2D eigenvalue weighted by Gasteiger charge is 2.25. The van der Waals surface area contributed by atoms with Crippen LogP contribution in [0, 0.1) is 0 Å². The van der Waals surface area contributed by atoms with E-state index in [1.165, 1.54) is 18.4 Å². The van der Waals surface area contributed by atoms with Gasteiger partial charge in [-0.3, -0.25) is 4.79 Å². The molecule has 21 heavy (non-hydrogen) atoms. The Morgan fingerprint density at radius 2 is 1.95 bits per heavy atom. The number of nitrogens with zero attached hydrogens (tertiary/aromatic N) is 1. The summed E-state index contributed by atoms with van der Waals surface area (Å²) in [6, 6.07) is 9.88. The second-order valence-corrected chi connectivity index (χ2v) is 5.95. The predicted molar refractivity (Wildman–Crippen MR) is 83.2 cm³/mol. The van der Waals surface area contributed by atoms with Crippen molar-refractivity contribution in [1.29, 1.82) is 0 Å². The molecule has 1 atom stereocenters. The SMILES string of the molecule is CN(C(=O)O)C(CC(=O)c1cccs1)c1ccc(Cl)cc1. The number of rotatable bonds is 5. The third-order valence-electron chi connectivity index (χ3n) is 3.20. The minimum atomic E-state index is -1.08. The van der Waals surface area contributed by atoms with Gasteiger partial charge in [0.15, 0.2) is 5.78 Å². The van der Waals surface area contributed by atoms with Gasteiger partial charge in [-0.15, -0.1) is 11.3 Å². The molecule has 6 heteroatoms. The van der Waals surface area contributed by atoms with Crippen LogP contribution in [0.4, 0.5) is 4.79 Å². The van der Waals surface area contributed by atoms with Crippen molar-refractivity contribution < 1.29 is 14.7 Å². The zero-order valence-corrected chi connectivity index (χ0v) is 12.9. The number of Topliss-reactive ketones (excluding diaryl/α,β-unsaturated/α-hetero) is 1. The van der Waals surface area contributed by atoms with Crippen LogP contribution in [-0.4, -0.2) is 28.9 Å². The number of carboxylic acid groups (broad SMARTS) is 1. The molecule has 1 heterocycles. The molecular formula is C15H14ClNO3S. The highest BCUT2D eigenvalue weighted by atomic mass is 35.5. The van der Waals surface area contributed by atoms with E-state index in [9.17, 15) is 14.7 Å². The molecule has 4 nitrogen and oxygen atoms in total. The Morgan fingerprint density at radius 3 is 2.48 bits per heavy atom. The van der Waals surface area contributed by atoms with Gasteiger partial charge < -0.3 is 10.0 Å². The Kier molecular flexibility index (Phi) is 4.98. The van der Waals surface area contributed by atoms with Crippen LogP contribution in [-0.2, 0) is 0 Å². The first-order valence-electron chi connectivity index (χ1n) is 6.27. The van der Waals surface area contributed by atoms with Crippen LogP contribution in [0.1, 0.15) is 27.7 Å². The summed E-state index contributed by atoms with van der Waals surface area (Å²) in [5.41, 5.74) is 0.745. The van der Waals surface area contributed by atoms with Gasteiger partial charge in [-0.25, -0.2) is 4.79 Å². The van der Waals surface area contributed by atoms with Crippen LogP contribution in [0.3, 0.4) is 0 Å². The molecule has 1 aromatic carbocycles. The molecule has 0 aliphatic rings. The van der Waals surface area contributed by atoms with Crippen molar-refractivity contribution in [3.05, 3.63) is 57.2 Å². The van der Waals surface area contributed by atoms with Gasteiger partial charge in [0.25, 0.3) is 0 Å². The molecule has 0 bridgehead atoms. The fourth-order valence-corrected chi connectivity index (χ4v) is 2.81. The normalized spacial score (nSPS) is 11.9. The maximum absolute atomic E-state index is 12.2. The van der Waals surface area contributed by atoms with Crippen LogP contribution in [0.5, 0.6) is 0 Å². The zero-order chi connectivity index (χ0) is 15.4. The van der Waals surface area contributed by atoms with Gasteiger partial charge in [-0.1, -0.05) is 29.8 Å². The summed E-state index contributed by atoms with van der Waals surface area (Å²) in [6.45, 7) is 0. The molecule has 0 saturated heterocycles. The number of carbonyl (C=O) groups is 2. The number of benzene rings is 1. The van der Waals surface area contributed by atoms with E-state index in [0.29, 0.717) is 9.90 Å². The van der Waals surface area contributed by atoms with Crippen LogP contribution >= 0.6 is 22.9 Å². The minimum Gasteiger partial charge on any atom is -0.465 e. The van der Waals surface area contributed by atoms with Crippen molar-refractivity contribution in [1.82, 2.24) is 4.90 Å². The average Bonchev–Trinajstić information content (AvgIpc) is 2.99. The Hall–Kier alpha value is -1.85. The third-order valence-corrected chi connectivity index (χ3v) is 4.36. The largest absolute Gasteiger partial charge is 0.465 e. The van der Waals surface area contributed by atoms with Crippen LogP contribution in [0.15, 0.2) is 41.8 Å². The van der Waals surface area contributed by atoms with Crippen LogP contribution < -0.4 is 0 Å². The second kappa shape index (κ2) is 6.74. The molecule has 2 rings (SSSR count). The first-order chi connectivity index (χ1) is 9.99. The van der Waals surface area contributed by atoms with Gasteiger partial charge in [0.05, 0.1) is 10.9 Å². The summed E-state index contributed by atoms with van der Waals surface area (Å²) >= 11 is 7.20. The Labute approximate surface area is 131 Å². The van der Waals surface area contributed by atoms with Crippen molar-refractivity contribution in [2.45, 2.75) is 12.5 Å². The van der Waals surface area contributed by atoms with E-state index in [1.54, 1.807) is 36.4 Å². The van der Waals surface area contributed by atoms with Gasteiger partial charge in [0.1, 0.15) is 0 Å². The highest BCUT2D eigenvalue weighted by molar-refractivity contribution is 7.12. The monoisotopic (exact) mass is 323 g/mol. The molecular weight excluding hydrogens is 310 g/mol. The zero-order valence-electron chi connectivity index (χ0n) is 11.3. The van der Waals surface area contributed by atoms with Crippen molar-refractivity contribution in [3.63, 3.8) is 0 Å². The van der Waals surface area contributed by atoms with E-state index in [0.717, 1.165) is 10.5 Å². The molecule has 1 amide bonds. The minimum absolute atomic E-state index is 0.0712. The molecule has 1 N–H and O–H groups in total. The summed E-state index contributed by atoms with van der Waals surface area (Å²) in [4.78, 5) is 25.3. The maximum atomic E-state index is 12.2. The summed E-state index contributed by atoms with van der Waals surface area (Å²) in [6.07, 6.45) is -0.973. The fourth-order valence-electron chi connectivity index (χ4n) is 2.01.